The number of pyridine rings is 2. The average molecular weight is 761 g/mol. The van der Waals surface area contributed by atoms with Gasteiger partial charge in [-0.2, -0.15) is 9.13 Å². The van der Waals surface area contributed by atoms with Crippen molar-refractivity contribution < 1.29 is 43.1 Å². The van der Waals surface area contributed by atoms with Crippen molar-refractivity contribution in [2.45, 2.75) is 51.6 Å². The molecule has 0 radical (unpaired) electrons. The SMILES string of the molecule is Nc1cc2c(c[n+](CCCCCCCC[n+]3cc4c5ccccc5c(N)cc4c4ccccc43)c3ccccc23)c2ccccc12.[Br-].[Br-]. The van der Waals surface area contributed by atoms with Crippen molar-refractivity contribution in [3.8, 4) is 0 Å². The Balaban J connectivity index is 0.00000201. The average Bonchev–Trinajstić information content (AvgIpc) is 3.10. The molecule has 4 nitrogen and oxygen atoms in total. The number of nitrogens with zero attached hydrogens (tertiary/aromatic N) is 2. The first kappa shape index (κ1) is 33.6. The van der Waals surface area contributed by atoms with E-state index in [1.807, 2.05) is 0 Å². The fourth-order valence-corrected chi connectivity index (χ4v) is 7.57. The van der Waals surface area contributed by atoms with Gasteiger partial charge in [0.2, 0.25) is 11.0 Å². The predicted octanol–water partition coefficient (Wildman–Crippen LogP) is 3.39. The lowest BCUT2D eigenvalue weighted by Gasteiger charge is -2.10. The third-order valence-electron chi connectivity index (χ3n) is 9.86. The van der Waals surface area contributed by atoms with Crippen LogP contribution in [0.5, 0.6) is 0 Å². The molecule has 6 aromatic carbocycles. The first-order chi connectivity index (χ1) is 22.7. The number of aromatic nitrogens is 2. The highest BCUT2D eigenvalue weighted by molar-refractivity contribution is 6.19. The Morgan fingerprint density at radius 1 is 0.354 bits per heavy atom. The summed E-state index contributed by atoms with van der Waals surface area (Å²) >= 11 is 0. The standard InChI is InChI=1S/C42H38N4.2BrH/c43-39-25-35-33-19-9-11-21-41(33)45(27-37(35)29-15-5-7-17-31(29)39)23-13-3-1-2-4-14-24-46-28-38-30-16-6-8-18-32(30)40(44)26-36(38)34-20-10-12-22-42(34)46;;/h5-12,15-22,25-28,43-44H,1-4,13-14,23-24H2;2*1H. The Hall–Kier alpha value is -4.26. The molecule has 0 unspecified atom stereocenters. The number of unbranched alkanes of at least 4 members (excludes halogenated alkanes) is 5. The highest BCUT2D eigenvalue weighted by Crippen LogP contribution is 2.34. The molecule has 6 heteroatoms. The molecule has 2 heterocycles. The van der Waals surface area contributed by atoms with Gasteiger partial charge in [-0.25, -0.2) is 0 Å². The molecule has 0 atom stereocenters. The molecule has 8 aromatic rings. The lowest BCUT2D eigenvalue weighted by molar-refractivity contribution is -0.670. The largest absolute Gasteiger partial charge is 1.00 e. The van der Waals surface area contributed by atoms with Crippen LogP contribution in [0.25, 0.3) is 64.9 Å². The van der Waals surface area contributed by atoms with E-state index in [4.69, 9.17) is 11.5 Å². The summed E-state index contributed by atoms with van der Waals surface area (Å²) in [5, 5.41) is 12.3. The van der Waals surface area contributed by atoms with Crippen molar-refractivity contribution in [2.75, 3.05) is 11.5 Å². The number of para-hydroxylation sites is 2. The third-order valence-corrected chi connectivity index (χ3v) is 9.86. The molecule has 0 fully saturated rings. The fourth-order valence-electron chi connectivity index (χ4n) is 7.57. The number of nitrogens with two attached hydrogens (primary N) is 2. The number of aryl methyl sites for hydroxylation is 2. The van der Waals surface area contributed by atoms with E-state index < -0.39 is 0 Å². The Kier molecular flexibility index (Phi) is 10.1. The van der Waals surface area contributed by atoms with Crippen LogP contribution < -0.4 is 54.6 Å². The Morgan fingerprint density at radius 2 is 0.688 bits per heavy atom. The summed E-state index contributed by atoms with van der Waals surface area (Å²) in [7, 11) is 0. The van der Waals surface area contributed by atoms with Crippen LogP contribution in [0.15, 0.2) is 122 Å². The molecule has 0 aliphatic rings. The molecule has 2 aromatic heterocycles. The molecule has 0 saturated carbocycles. The van der Waals surface area contributed by atoms with E-state index in [1.165, 1.54) is 92.6 Å². The second-order valence-corrected chi connectivity index (χ2v) is 12.7. The zero-order valence-electron chi connectivity index (χ0n) is 27.0. The highest BCUT2D eigenvalue weighted by atomic mass is 79.9. The number of nitrogen functional groups attached to an aromatic ring is 2. The summed E-state index contributed by atoms with van der Waals surface area (Å²) in [6.07, 6.45) is 12.0. The molecule has 48 heavy (non-hydrogen) atoms. The molecule has 0 spiro atoms. The van der Waals surface area contributed by atoms with E-state index >= 15 is 0 Å². The van der Waals surface area contributed by atoms with Crippen molar-refractivity contribution in [3.63, 3.8) is 0 Å². The quantitative estimate of drug-likeness (QED) is 0.103. The molecular weight excluding hydrogens is 720 g/mol. The molecular formula is C42H40Br2N4. The second kappa shape index (κ2) is 14.5. The molecule has 0 bridgehead atoms. The topological polar surface area (TPSA) is 59.8 Å². The van der Waals surface area contributed by atoms with Crippen LogP contribution in [0.3, 0.4) is 0 Å². The minimum Gasteiger partial charge on any atom is -1.00 e. The summed E-state index contributed by atoms with van der Waals surface area (Å²) in [6, 6.07) is 38.8. The maximum atomic E-state index is 6.49. The van der Waals surface area contributed by atoms with E-state index in [1.54, 1.807) is 0 Å². The van der Waals surface area contributed by atoms with Crippen molar-refractivity contribution >= 4 is 76.3 Å². The van der Waals surface area contributed by atoms with Gasteiger partial charge in [0.1, 0.15) is 13.1 Å². The maximum Gasteiger partial charge on any atom is 0.213 e. The predicted molar refractivity (Wildman–Crippen MR) is 195 cm³/mol. The first-order valence-corrected chi connectivity index (χ1v) is 16.7. The van der Waals surface area contributed by atoms with Gasteiger partial charge in [-0.1, -0.05) is 85.6 Å². The van der Waals surface area contributed by atoms with E-state index in [2.05, 4.69) is 131 Å². The number of halogens is 2. The van der Waals surface area contributed by atoms with Gasteiger partial charge in [-0.3, -0.25) is 0 Å². The van der Waals surface area contributed by atoms with E-state index in [9.17, 15) is 0 Å². The van der Waals surface area contributed by atoms with Gasteiger partial charge < -0.3 is 45.4 Å². The van der Waals surface area contributed by atoms with Crippen molar-refractivity contribution in [2.24, 2.45) is 0 Å². The summed E-state index contributed by atoms with van der Waals surface area (Å²) < 4.78 is 4.91. The zero-order valence-corrected chi connectivity index (χ0v) is 30.2. The Morgan fingerprint density at radius 3 is 1.10 bits per heavy atom. The zero-order chi connectivity index (χ0) is 31.0. The number of hydrogen-bond acceptors (Lipinski definition) is 2. The normalized spacial score (nSPS) is 11.4. The Labute approximate surface area is 302 Å². The van der Waals surface area contributed by atoms with E-state index in [-0.39, 0.29) is 34.0 Å². The van der Waals surface area contributed by atoms with Crippen LogP contribution in [-0.4, -0.2) is 0 Å². The van der Waals surface area contributed by atoms with E-state index in [0.717, 1.165) is 35.2 Å². The summed E-state index contributed by atoms with van der Waals surface area (Å²) in [6.45, 7) is 2.04. The lowest BCUT2D eigenvalue weighted by Crippen LogP contribution is -3.00. The number of hydrogen-bond donors (Lipinski definition) is 2. The number of benzene rings is 6. The van der Waals surface area contributed by atoms with Crippen LogP contribution >= 0.6 is 0 Å². The third kappa shape index (κ3) is 6.08. The molecule has 4 N–H and O–H groups in total. The summed E-state index contributed by atoms with van der Waals surface area (Å²) in [5.74, 6) is 0. The Bertz CT molecular complexity index is 2250. The van der Waals surface area contributed by atoms with Crippen LogP contribution in [0, 0.1) is 0 Å². The minimum absolute atomic E-state index is 0. The van der Waals surface area contributed by atoms with Gasteiger partial charge in [0, 0.05) is 57.9 Å². The number of rotatable bonds is 9. The fraction of sp³-hybridized carbons (Fsp3) is 0.190. The van der Waals surface area contributed by atoms with Crippen molar-refractivity contribution in [1.29, 1.82) is 0 Å². The van der Waals surface area contributed by atoms with Crippen LogP contribution in [0.4, 0.5) is 11.4 Å². The van der Waals surface area contributed by atoms with Gasteiger partial charge in [-0.05, 0) is 47.9 Å². The van der Waals surface area contributed by atoms with Crippen molar-refractivity contribution in [3.05, 3.63) is 122 Å². The highest BCUT2D eigenvalue weighted by Gasteiger charge is 2.18. The number of anilines is 2. The van der Waals surface area contributed by atoms with Gasteiger partial charge in [0.05, 0.1) is 21.5 Å². The lowest BCUT2D eigenvalue weighted by atomic mass is 9.98. The van der Waals surface area contributed by atoms with E-state index in [0.29, 0.717) is 0 Å². The molecule has 0 saturated heterocycles. The second-order valence-electron chi connectivity index (χ2n) is 12.7. The summed E-state index contributed by atoms with van der Waals surface area (Å²) in [5.41, 5.74) is 17.2. The van der Waals surface area contributed by atoms with Gasteiger partial charge in [0.15, 0.2) is 12.4 Å². The van der Waals surface area contributed by atoms with Gasteiger partial charge >= 0.3 is 0 Å². The molecule has 0 aliphatic carbocycles. The van der Waals surface area contributed by atoms with Crippen LogP contribution in [0.1, 0.15) is 38.5 Å². The summed E-state index contributed by atoms with van der Waals surface area (Å²) in [4.78, 5) is 0. The maximum absolute atomic E-state index is 6.49. The monoisotopic (exact) mass is 758 g/mol. The number of fused-ring (bicyclic) bond motifs is 10. The van der Waals surface area contributed by atoms with Crippen LogP contribution in [-0.2, 0) is 13.1 Å². The minimum atomic E-state index is 0. The van der Waals surface area contributed by atoms with Crippen LogP contribution in [0.2, 0.25) is 0 Å². The smallest absolute Gasteiger partial charge is 0.213 e. The van der Waals surface area contributed by atoms with Crippen molar-refractivity contribution in [1.82, 2.24) is 0 Å². The molecule has 0 aliphatic heterocycles. The molecule has 242 valence electrons. The van der Waals surface area contributed by atoms with Gasteiger partial charge in [-0.15, -0.1) is 0 Å². The first-order valence-electron chi connectivity index (χ1n) is 16.7. The molecule has 0 amide bonds. The van der Waals surface area contributed by atoms with Gasteiger partial charge in [0.25, 0.3) is 0 Å². The molecule has 8 rings (SSSR count).